The fourth-order valence-corrected chi connectivity index (χ4v) is 0.787. The second-order valence-corrected chi connectivity index (χ2v) is 2.00. The number of hydrogen-bond acceptors (Lipinski definition) is 4. The fraction of sp³-hybridized carbons (Fsp3) is 0.143. The maximum atomic E-state index is 10.9. The molecular formula is C7H8N2O3. The highest BCUT2D eigenvalue weighted by atomic mass is 16.5. The first-order valence-electron chi connectivity index (χ1n) is 3.23. The number of ether oxygens (including phenoxy) is 1. The van der Waals surface area contributed by atoms with Gasteiger partial charge in [-0.1, -0.05) is 0 Å². The van der Waals surface area contributed by atoms with Crippen LogP contribution in [0.3, 0.4) is 0 Å². The molecule has 0 fully saturated rings. The molecule has 0 aromatic carbocycles. The van der Waals surface area contributed by atoms with Crippen molar-refractivity contribution in [1.29, 1.82) is 0 Å². The number of carbonyl (C=O) groups excluding carboxylic acids is 1. The topological polar surface area (TPSA) is 71.5 Å². The molecular weight excluding hydrogens is 160 g/mol. The summed E-state index contributed by atoms with van der Waals surface area (Å²) in [6.07, 6.45) is 1.49. The molecule has 1 aromatic heterocycles. The number of aromatic nitrogens is 1. The van der Waals surface area contributed by atoms with E-state index in [1.54, 1.807) is 6.07 Å². The number of carbonyl (C=O) groups is 1. The Kier molecular flexibility index (Phi) is 2.60. The van der Waals surface area contributed by atoms with Gasteiger partial charge in [-0.25, -0.2) is 10.5 Å². The molecule has 0 saturated carbocycles. The summed E-state index contributed by atoms with van der Waals surface area (Å²) in [4.78, 5) is 14.7. The number of pyridine rings is 1. The molecule has 0 aliphatic carbocycles. The molecule has 0 atom stereocenters. The number of hydroxylamine groups is 1. The van der Waals surface area contributed by atoms with Crippen molar-refractivity contribution in [3.8, 4) is 5.88 Å². The first kappa shape index (κ1) is 8.48. The van der Waals surface area contributed by atoms with Gasteiger partial charge in [-0.3, -0.25) is 10.0 Å². The van der Waals surface area contributed by atoms with Gasteiger partial charge in [-0.15, -0.1) is 0 Å². The Morgan fingerprint density at radius 1 is 1.75 bits per heavy atom. The van der Waals surface area contributed by atoms with Gasteiger partial charge in [0, 0.05) is 6.20 Å². The summed E-state index contributed by atoms with van der Waals surface area (Å²) in [5.74, 6) is -0.455. The van der Waals surface area contributed by atoms with Crippen LogP contribution < -0.4 is 10.2 Å². The van der Waals surface area contributed by atoms with Gasteiger partial charge >= 0.3 is 0 Å². The molecule has 0 radical (unpaired) electrons. The Morgan fingerprint density at radius 3 is 3.08 bits per heavy atom. The Hall–Kier alpha value is -1.62. The van der Waals surface area contributed by atoms with E-state index in [0.29, 0.717) is 0 Å². The van der Waals surface area contributed by atoms with Crippen LogP contribution in [0.1, 0.15) is 10.4 Å². The normalized spacial score (nSPS) is 9.17. The minimum absolute atomic E-state index is 0.184. The highest BCUT2D eigenvalue weighted by Crippen LogP contribution is 2.12. The predicted molar refractivity (Wildman–Crippen MR) is 40.0 cm³/mol. The van der Waals surface area contributed by atoms with Gasteiger partial charge in [0.1, 0.15) is 5.56 Å². The zero-order valence-corrected chi connectivity index (χ0v) is 6.44. The summed E-state index contributed by atoms with van der Waals surface area (Å²) < 4.78 is 4.79. The molecule has 1 aromatic rings. The van der Waals surface area contributed by atoms with Crippen LogP contribution in [-0.2, 0) is 0 Å². The van der Waals surface area contributed by atoms with Crippen LogP contribution in [0, 0.1) is 0 Å². The zero-order valence-electron chi connectivity index (χ0n) is 6.44. The van der Waals surface area contributed by atoms with Crippen LogP contribution >= 0.6 is 0 Å². The molecule has 5 heteroatoms. The van der Waals surface area contributed by atoms with E-state index in [4.69, 9.17) is 9.94 Å². The maximum Gasteiger partial charge on any atom is 0.280 e. The van der Waals surface area contributed by atoms with Gasteiger partial charge in [-0.2, -0.15) is 0 Å². The Bertz CT molecular complexity index is 288. The lowest BCUT2D eigenvalue weighted by Gasteiger charge is -2.03. The second kappa shape index (κ2) is 3.68. The zero-order chi connectivity index (χ0) is 8.97. The van der Waals surface area contributed by atoms with Crippen molar-refractivity contribution in [3.05, 3.63) is 23.9 Å². The number of rotatable bonds is 2. The first-order valence-corrected chi connectivity index (χ1v) is 3.23. The molecule has 1 heterocycles. The summed E-state index contributed by atoms with van der Waals surface area (Å²) in [6, 6.07) is 3.07. The number of hydrogen-bond donors (Lipinski definition) is 2. The van der Waals surface area contributed by atoms with E-state index in [1.807, 2.05) is 0 Å². The van der Waals surface area contributed by atoms with E-state index in [0.717, 1.165) is 0 Å². The molecule has 0 aliphatic heterocycles. The van der Waals surface area contributed by atoms with Crippen LogP contribution in [0.15, 0.2) is 18.3 Å². The van der Waals surface area contributed by atoms with Crippen LogP contribution in [0.2, 0.25) is 0 Å². The van der Waals surface area contributed by atoms with Crippen molar-refractivity contribution in [3.63, 3.8) is 0 Å². The lowest BCUT2D eigenvalue weighted by molar-refractivity contribution is 0.0702. The third kappa shape index (κ3) is 1.51. The van der Waals surface area contributed by atoms with Crippen LogP contribution in [0.25, 0.3) is 0 Å². The van der Waals surface area contributed by atoms with Crippen LogP contribution in [-0.4, -0.2) is 23.2 Å². The Labute approximate surface area is 69.0 Å². The van der Waals surface area contributed by atoms with E-state index >= 15 is 0 Å². The van der Waals surface area contributed by atoms with Gasteiger partial charge in [0.2, 0.25) is 5.88 Å². The van der Waals surface area contributed by atoms with Gasteiger partial charge in [-0.05, 0) is 12.1 Å². The fourth-order valence-electron chi connectivity index (χ4n) is 0.787. The smallest absolute Gasteiger partial charge is 0.280 e. The Morgan fingerprint density at radius 2 is 2.50 bits per heavy atom. The number of nitrogens with zero attached hydrogens (tertiary/aromatic N) is 1. The summed E-state index contributed by atoms with van der Waals surface area (Å²) in [5, 5.41) is 8.33. The quantitative estimate of drug-likeness (QED) is 0.489. The molecule has 0 aliphatic rings. The number of methoxy groups -OCH3 is 1. The summed E-state index contributed by atoms with van der Waals surface area (Å²) in [6.45, 7) is 0. The van der Waals surface area contributed by atoms with E-state index in [1.165, 1.54) is 24.9 Å². The average Bonchev–Trinajstić information content (AvgIpc) is 2.16. The SMILES string of the molecule is COc1ncccc1C(=O)NO. The maximum absolute atomic E-state index is 10.9. The van der Waals surface area contributed by atoms with Crippen LogP contribution in [0.5, 0.6) is 5.88 Å². The minimum Gasteiger partial charge on any atom is -0.480 e. The predicted octanol–water partition coefficient (Wildman–Crippen LogP) is 0.209. The molecule has 0 spiro atoms. The third-order valence-corrected chi connectivity index (χ3v) is 1.31. The molecule has 64 valence electrons. The van der Waals surface area contributed by atoms with E-state index in [-0.39, 0.29) is 11.4 Å². The van der Waals surface area contributed by atoms with Gasteiger partial charge in [0.05, 0.1) is 7.11 Å². The van der Waals surface area contributed by atoms with E-state index in [9.17, 15) is 4.79 Å². The monoisotopic (exact) mass is 168 g/mol. The highest BCUT2D eigenvalue weighted by molar-refractivity contribution is 5.95. The van der Waals surface area contributed by atoms with Crippen molar-refractivity contribution in [2.75, 3.05) is 7.11 Å². The molecule has 1 rings (SSSR count). The molecule has 5 nitrogen and oxygen atoms in total. The van der Waals surface area contributed by atoms with Gasteiger partial charge in [0.25, 0.3) is 5.91 Å². The minimum atomic E-state index is -0.639. The van der Waals surface area contributed by atoms with Crippen molar-refractivity contribution >= 4 is 5.91 Å². The van der Waals surface area contributed by atoms with Crippen molar-refractivity contribution < 1.29 is 14.7 Å². The average molecular weight is 168 g/mol. The van der Waals surface area contributed by atoms with E-state index < -0.39 is 5.91 Å². The largest absolute Gasteiger partial charge is 0.480 e. The lowest BCUT2D eigenvalue weighted by Crippen LogP contribution is -2.19. The molecule has 0 unspecified atom stereocenters. The first-order chi connectivity index (χ1) is 5.79. The second-order valence-electron chi connectivity index (χ2n) is 2.00. The number of nitrogens with one attached hydrogen (secondary N) is 1. The van der Waals surface area contributed by atoms with Crippen molar-refractivity contribution in [2.24, 2.45) is 0 Å². The molecule has 12 heavy (non-hydrogen) atoms. The summed E-state index contributed by atoms with van der Waals surface area (Å²) >= 11 is 0. The number of amides is 1. The lowest BCUT2D eigenvalue weighted by atomic mass is 10.2. The molecule has 1 amide bonds. The van der Waals surface area contributed by atoms with E-state index in [2.05, 4.69) is 4.98 Å². The summed E-state index contributed by atoms with van der Waals surface area (Å²) in [7, 11) is 1.40. The van der Waals surface area contributed by atoms with Crippen molar-refractivity contribution in [2.45, 2.75) is 0 Å². The molecule has 0 bridgehead atoms. The molecule has 2 N–H and O–H groups in total. The highest BCUT2D eigenvalue weighted by Gasteiger charge is 2.10. The Balaban J connectivity index is 3.04. The third-order valence-electron chi connectivity index (χ3n) is 1.31. The van der Waals surface area contributed by atoms with Gasteiger partial charge in [0.15, 0.2) is 0 Å². The standard InChI is InChI=1S/C7H8N2O3/c1-12-7-5(6(10)9-11)3-2-4-8-7/h2-4,11H,1H3,(H,9,10). The van der Waals surface area contributed by atoms with Crippen molar-refractivity contribution in [1.82, 2.24) is 10.5 Å². The molecule has 0 saturated heterocycles. The summed E-state index contributed by atoms with van der Waals surface area (Å²) in [5.41, 5.74) is 1.69. The van der Waals surface area contributed by atoms with Gasteiger partial charge < -0.3 is 4.74 Å². The van der Waals surface area contributed by atoms with Crippen LogP contribution in [0.4, 0.5) is 0 Å².